The lowest BCUT2D eigenvalue weighted by Gasteiger charge is -2.24. The Bertz CT molecular complexity index is 2120. The summed E-state index contributed by atoms with van der Waals surface area (Å²) in [6.45, 7) is 4.38. The fourth-order valence-electron chi connectivity index (χ4n) is 6.98. The Morgan fingerprint density at radius 1 is 0.630 bits per heavy atom. The van der Waals surface area contributed by atoms with Crippen LogP contribution in [0.3, 0.4) is 0 Å². The van der Waals surface area contributed by atoms with Crippen molar-refractivity contribution in [3.05, 3.63) is 116 Å². The standard InChI is InChI=1S/C40H42Br2N4O6S2/c1-3-29-25-31(41)15-21-37(29)53(49,50)45-23-5-7-35(45)39(47)43-33-17-11-27(12-18-33)9-10-28-13-19-34(20-14-28)44-40(48)36-8-6-24-46(36)54(51,52)38-22-16-32(42)26-30(38)4-2/h9-22,25-26,35-36H,3-8,23-24H2,1-2H3,(H,43,47)(H,44,48)/b10-9+/t35-,36-/m0/s1. The van der Waals surface area contributed by atoms with Crippen molar-refractivity contribution in [1.82, 2.24) is 8.61 Å². The van der Waals surface area contributed by atoms with Gasteiger partial charge in [0.1, 0.15) is 12.1 Å². The highest BCUT2D eigenvalue weighted by atomic mass is 79.9. The summed E-state index contributed by atoms with van der Waals surface area (Å²) < 4.78 is 58.8. The Hall–Kier alpha value is -3.66. The third-order valence-electron chi connectivity index (χ3n) is 9.82. The van der Waals surface area contributed by atoms with E-state index in [1.165, 1.54) is 8.61 Å². The molecule has 10 nitrogen and oxygen atoms in total. The van der Waals surface area contributed by atoms with Crippen LogP contribution in [0.25, 0.3) is 12.2 Å². The first-order chi connectivity index (χ1) is 25.8. The van der Waals surface area contributed by atoms with Gasteiger partial charge < -0.3 is 10.6 Å². The third-order valence-corrected chi connectivity index (χ3v) is 14.8. The van der Waals surface area contributed by atoms with Crippen LogP contribution in [0, 0.1) is 0 Å². The van der Waals surface area contributed by atoms with Crippen molar-refractivity contribution in [2.45, 2.75) is 74.2 Å². The summed E-state index contributed by atoms with van der Waals surface area (Å²) >= 11 is 6.83. The molecule has 2 N–H and O–H groups in total. The van der Waals surface area contributed by atoms with Crippen LogP contribution in [0.4, 0.5) is 11.4 Å². The Kier molecular flexibility index (Phi) is 12.6. The molecule has 0 unspecified atom stereocenters. The Morgan fingerprint density at radius 3 is 1.35 bits per heavy atom. The molecule has 2 heterocycles. The van der Waals surface area contributed by atoms with Gasteiger partial charge in [0.2, 0.25) is 31.9 Å². The molecule has 2 fully saturated rings. The van der Waals surface area contributed by atoms with Gasteiger partial charge in [0.05, 0.1) is 9.79 Å². The summed E-state index contributed by atoms with van der Waals surface area (Å²) in [6, 6.07) is 23.2. The van der Waals surface area contributed by atoms with Crippen LogP contribution in [0.5, 0.6) is 0 Å². The molecule has 0 aliphatic carbocycles. The van der Waals surface area contributed by atoms with Crippen LogP contribution in [0.2, 0.25) is 0 Å². The van der Waals surface area contributed by atoms with E-state index in [1.54, 1.807) is 60.7 Å². The number of hydrogen-bond acceptors (Lipinski definition) is 6. The molecule has 14 heteroatoms. The van der Waals surface area contributed by atoms with Crippen LogP contribution in [-0.4, -0.2) is 62.4 Å². The summed E-state index contributed by atoms with van der Waals surface area (Å²) in [5.41, 5.74) is 4.30. The number of halogens is 2. The van der Waals surface area contributed by atoms with Crippen LogP contribution in [0.1, 0.15) is 61.8 Å². The molecule has 4 aromatic carbocycles. The minimum Gasteiger partial charge on any atom is -0.325 e. The summed E-state index contributed by atoms with van der Waals surface area (Å²) in [5.74, 6) is -0.724. The van der Waals surface area contributed by atoms with Gasteiger partial charge >= 0.3 is 0 Å². The Labute approximate surface area is 334 Å². The molecule has 2 saturated heterocycles. The SMILES string of the molecule is CCc1cc(Br)ccc1S(=O)(=O)N1CCC[C@H]1C(=O)Nc1ccc(/C=C/c2ccc(NC(=O)[C@@H]3CCCN3S(=O)(=O)c3ccc(Br)cc3CC)cc2)cc1. The van der Waals surface area contributed by atoms with E-state index in [2.05, 4.69) is 42.5 Å². The maximum absolute atomic E-state index is 13.6. The van der Waals surface area contributed by atoms with Gasteiger partial charge in [-0.3, -0.25) is 9.59 Å². The monoisotopic (exact) mass is 896 g/mol. The smallest absolute Gasteiger partial charge is 0.244 e. The van der Waals surface area contributed by atoms with Crippen molar-refractivity contribution < 1.29 is 26.4 Å². The largest absolute Gasteiger partial charge is 0.325 e. The zero-order valence-corrected chi connectivity index (χ0v) is 34.8. The summed E-state index contributed by atoms with van der Waals surface area (Å²) in [7, 11) is -7.72. The maximum atomic E-state index is 13.6. The molecule has 2 aliphatic rings. The predicted octanol–water partition coefficient (Wildman–Crippen LogP) is 8.09. The number of aryl methyl sites for hydroxylation is 2. The van der Waals surface area contributed by atoms with Gasteiger partial charge in [-0.05, 0) is 121 Å². The predicted molar refractivity (Wildman–Crippen MR) is 220 cm³/mol. The number of amides is 2. The fourth-order valence-corrected chi connectivity index (χ4v) is 11.7. The van der Waals surface area contributed by atoms with Gasteiger partial charge in [-0.25, -0.2) is 16.8 Å². The second kappa shape index (κ2) is 17.0. The van der Waals surface area contributed by atoms with Crippen LogP contribution < -0.4 is 10.6 Å². The van der Waals surface area contributed by atoms with Crippen LogP contribution in [-0.2, 0) is 42.5 Å². The molecule has 0 radical (unpaired) electrons. The molecule has 6 rings (SSSR count). The normalized spacial score (nSPS) is 18.3. The fraction of sp³-hybridized carbons (Fsp3) is 0.300. The van der Waals surface area contributed by atoms with E-state index in [0.717, 1.165) is 20.1 Å². The highest BCUT2D eigenvalue weighted by Crippen LogP contribution is 2.32. The second-order valence-corrected chi connectivity index (χ2v) is 18.9. The summed E-state index contributed by atoms with van der Waals surface area (Å²) in [6.07, 6.45) is 7.02. The number of benzene rings is 4. The van der Waals surface area contributed by atoms with E-state index >= 15 is 0 Å². The number of nitrogens with one attached hydrogen (secondary N) is 2. The zero-order valence-electron chi connectivity index (χ0n) is 30.0. The quantitative estimate of drug-likeness (QED) is 0.138. The summed E-state index contributed by atoms with van der Waals surface area (Å²) in [5, 5.41) is 5.79. The van der Waals surface area contributed by atoms with E-state index in [0.29, 0.717) is 61.0 Å². The van der Waals surface area contributed by atoms with E-state index in [4.69, 9.17) is 0 Å². The number of carbonyl (C=O) groups excluding carboxylic acids is 2. The molecule has 284 valence electrons. The van der Waals surface area contributed by atoms with Gasteiger partial charge in [0.25, 0.3) is 0 Å². The first kappa shape index (κ1) is 40.0. The lowest BCUT2D eigenvalue weighted by molar-refractivity contribution is -0.119. The lowest BCUT2D eigenvalue weighted by atomic mass is 10.1. The molecule has 0 saturated carbocycles. The molecular weight excluding hydrogens is 856 g/mol. The number of hydrogen-bond donors (Lipinski definition) is 2. The van der Waals surface area contributed by atoms with E-state index in [9.17, 15) is 26.4 Å². The molecule has 54 heavy (non-hydrogen) atoms. The van der Waals surface area contributed by atoms with E-state index in [-0.39, 0.29) is 34.7 Å². The molecule has 4 aromatic rings. The molecule has 0 spiro atoms. The Morgan fingerprint density at radius 2 is 1.00 bits per heavy atom. The number of carbonyl (C=O) groups is 2. The van der Waals surface area contributed by atoms with Crippen molar-refractivity contribution in [2.75, 3.05) is 23.7 Å². The first-order valence-corrected chi connectivity index (χ1v) is 22.4. The van der Waals surface area contributed by atoms with Crippen molar-refractivity contribution in [1.29, 1.82) is 0 Å². The minimum absolute atomic E-state index is 0.232. The maximum Gasteiger partial charge on any atom is 0.244 e. The molecule has 0 bridgehead atoms. The van der Waals surface area contributed by atoms with Crippen molar-refractivity contribution in [3.63, 3.8) is 0 Å². The Balaban J connectivity index is 1.05. The lowest BCUT2D eigenvalue weighted by Crippen LogP contribution is -2.43. The number of sulfonamides is 2. The number of rotatable bonds is 12. The van der Waals surface area contributed by atoms with Crippen LogP contribution in [0.15, 0.2) is 104 Å². The first-order valence-electron chi connectivity index (χ1n) is 17.9. The van der Waals surface area contributed by atoms with E-state index in [1.807, 2.05) is 50.3 Å². The summed E-state index contributed by atoms with van der Waals surface area (Å²) in [4.78, 5) is 27.1. The third kappa shape index (κ3) is 8.74. The highest BCUT2D eigenvalue weighted by molar-refractivity contribution is 9.10. The van der Waals surface area contributed by atoms with Gasteiger partial charge in [-0.1, -0.05) is 82.1 Å². The average molecular weight is 899 g/mol. The number of nitrogens with zero attached hydrogens (tertiary/aromatic N) is 2. The molecule has 2 amide bonds. The second-order valence-electron chi connectivity index (χ2n) is 13.3. The zero-order chi connectivity index (χ0) is 38.6. The van der Waals surface area contributed by atoms with Gasteiger partial charge in [0, 0.05) is 33.4 Å². The highest BCUT2D eigenvalue weighted by Gasteiger charge is 2.41. The molecular formula is C40H42Br2N4O6S2. The number of anilines is 2. The molecule has 0 aromatic heterocycles. The molecule has 2 atom stereocenters. The van der Waals surface area contributed by atoms with Crippen LogP contribution >= 0.6 is 31.9 Å². The van der Waals surface area contributed by atoms with Gasteiger partial charge in [-0.15, -0.1) is 0 Å². The van der Waals surface area contributed by atoms with E-state index < -0.39 is 32.1 Å². The van der Waals surface area contributed by atoms with Gasteiger partial charge in [0.15, 0.2) is 0 Å². The topological polar surface area (TPSA) is 133 Å². The molecule has 2 aliphatic heterocycles. The minimum atomic E-state index is -3.86. The van der Waals surface area contributed by atoms with Gasteiger partial charge in [-0.2, -0.15) is 8.61 Å². The van der Waals surface area contributed by atoms with Crippen molar-refractivity contribution in [3.8, 4) is 0 Å². The van der Waals surface area contributed by atoms with Crippen molar-refractivity contribution in [2.24, 2.45) is 0 Å². The van der Waals surface area contributed by atoms with Crippen molar-refractivity contribution >= 4 is 87.2 Å². The average Bonchev–Trinajstić information content (AvgIpc) is 3.87.